The molecular weight excluding hydrogens is 250 g/mol. The molecule has 1 atom stereocenters. The maximum absolute atomic E-state index is 4.59. The lowest BCUT2D eigenvalue weighted by atomic mass is 10.1. The van der Waals surface area contributed by atoms with Gasteiger partial charge in [0, 0.05) is 31.1 Å². The molecule has 108 valence electrons. The molecule has 0 aliphatic heterocycles. The lowest BCUT2D eigenvalue weighted by molar-refractivity contribution is 0.519. The van der Waals surface area contributed by atoms with E-state index >= 15 is 0 Å². The van der Waals surface area contributed by atoms with Gasteiger partial charge in [-0.15, -0.1) is 0 Å². The standard InChI is InChI=1S/C15H23N5/c1-5-12-7-13(20(6-2)19-12)8-14(16-4)15-17-9-11(3)10-18-15/h7,9-10,14,16H,5-6,8H2,1-4H3. The zero-order valence-corrected chi connectivity index (χ0v) is 12.7. The summed E-state index contributed by atoms with van der Waals surface area (Å²) in [5.74, 6) is 0.833. The van der Waals surface area contributed by atoms with Gasteiger partial charge in [0.15, 0.2) is 0 Å². The second kappa shape index (κ2) is 6.61. The van der Waals surface area contributed by atoms with Gasteiger partial charge in [0.1, 0.15) is 5.82 Å². The first-order chi connectivity index (χ1) is 9.67. The average Bonchev–Trinajstić information content (AvgIpc) is 2.88. The van der Waals surface area contributed by atoms with Crippen molar-refractivity contribution in [1.29, 1.82) is 0 Å². The Hall–Kier alpha value is -1.75. The Morgan fingerprint density at radius 2 is 1.95 bits per heavy atom. The summed E-state index contributed by atoms with van der Waals surface area (Å²) in [5, 5.41) is 7.89. The Labute approximate surface area is 120 Å². The van der Waals surface area contributed by atoms with Crippen LogP contribution >= 0.6 is 0 Å². The van der Waals surface area contributed by atoms with E-state index in [1.165, 1.54) is 5.69 Å². The van der Waals surface area contributed by atoms with Crippen molar-refractivity contribution in [1.82, 2.24) is 25.1 Å². The molecule has 0 aliphatic rings. The highest BCUT2D eigenvalue weighted by molar-refractivity contribution is 5.14. The number of likely N-dealkylation sites (N-methyl/N-ethyl adjacent to an activating group) is 1. The van der Waals surface area contributed by atoms with Gasteiger partial charge in [-0.25, -0.2) is 9.97 Å². The number of aryl methyl sites for hydroxylation is 3. The number of nitrogens with zero attached hydrogens (tertiary/aromatic N) is 4. The Balaban J connectivity index is 2.21. The van der Waals surface area contributed by atoms with Crippen LogP contribution in [-0.2, 0) is 19.4 Å². The molecule has 0 saturated heterocycles. The molecule has 0 radical (unpaired) electrons. The summed E-state index contributed by atoms with van der Waals surface area (Å²) >= 11 is 0. The van der Waals surface area contributed by atoms with E-state index in [0.717, 1.165) is 36.5 Å². The molecule has 2 aromatic rings. The number of rotatable bonds is 6. The average molecular weight is 273 g/mol. The van der Waals surface area contributed by atoms with Gasteiger partial charge in [0.05, 0.1) is 11.7 Å². The number of hydrogen-bond donors (Lipinski definition) is 1. The summed E-state index contributed by atoms with van der Waals surface area (Å²) in [5.41, 5.74) is 3.45. The Kier molecular flexibility index (Phi) is 4.84. The highest BCUT2D eigenvalue weighted by atomic mass is 15.3. The van der Waals surface area contributed by atoms with Crippen LogP contribution in [0.3, 0.4) is 0 Å². The second-order valence-electron chi connectivity index (χ2n) is 4.96. The minimum atomic E-state index is 0.113. The Morgan fingerprint density at radius 1 is 1.25 bits per heavy atom. The molecule has 0 spiro atoms. The van der Waals surface area contributed by atoms with Crippen LogP contribution in [0.2, 0.25) is 0 Å². The SMILES string of the molecule is CCc1cc(CC(NC)c2ncc(C)cn2)n(CC)n1. The van der Waals surface area contributed by atoms with Gasteiger partial charge in [0.25, 0.3) is 0 Å². The van der Waals surface area contributed by atoms with E-state index in [1.54, 1.807) is 0 Å². The number of hydrogen-bond acceptors (Lipinski definition) is 4. The highest BCUT2D eigenvalue weighted by Gasteiger charge is 2.16. The first kappa shape index (κ1) is 14.7. The fraction of sp³-hybridized carbons (Fsp3) is 0.533. The summed E-state index contributed by atoms with van der Waals surface area (Å²) in [7, 11) is 1.95. The van der Waals surface area contributed by atoms with Crippen LogP contribution in [0, 0.1) is 6.92 Å². The van der Waals surface area contributed by atoms with Gasteiger partial charge < -0.3 is 5.32 Å². The molecule has 0 aromatic carbocycles. The van der Waals surface area contributed by atoms with Crippen LogP contribution in [0.5, 0.6) is 0 Å². The van der Waals surface area contributed by atoms with E-state index < -0.39 is 0 Å². The molecule has 1 unspecified atom stereocenters. The van der Waals surface area contributed by atoms with E-state index in [-0.39, 0.29) is 6.04 Å². The largest absolute Gasteiger partial charge is 0.310 e. The number of nitrogens with one attached hydrogen (secondary N) is 1. The van der Waals surface area contributed by atoms with E-state index in [2.05, 4.69) is 45.0 Å². The minimum absolute atomic E-state index is 0.113. The lowest BCUT2D eigenvalue weighted by Crippen LogP contribution is -2.22. The van der Waals surface area contributed by atoms with Crippen LogP contribution in [0.1, 0.15) is 42.7 Å². The van der Waals surface area contributed by atoms with Crippen molar-refractivity contribution in [2.45, 2.75) is 46.2 Å². The fourth-order valence-electron chi connectivity index (χ4n) is 2.24. The van der Waals surface area contributed by atoms with Crippen molar-refractivity contribution in [3.8, 4) is 0 Å². The fourth-order valence-corrected chi connectivity index (χ4v) is 2.24. The first-order valence-corrected chi connectivity index (χ1v) is 7.19. The summed E-state index contributed by atoms with van der Waals surface area (Å²) in [6, 6.07) is 2.30. The molecule has 0 aliphatic carbocycles. The summed E-state index contributed by atoms with van der Waals surface area (Å²) < 4.78 is 2.07. The third-order valence-electron chi connectivity index (χ3n) is 3.45. The Bertz CT molecular complexity index is 544. The number of aromatic nitrogens is 4. The van der Waals surface area contributed by atoms with Crippen LogP contribution in [-0.4, -0.2) is 26.8 Å². The molecule has 1 N–H and O–H groups in total. The van der Waals surface area contributed by atoms with Crippen molar-refractivity contribution in [2.75, 3.05) is 7.05 Å². The highest BCUT2D eigenvalue weighted by Crippen LogP contribution is 2.16. The maximum Gasteiger partial charge on any atom is 0.145 e. The minimum Gasteiger partial charge on any atom is -0.310 e. The zero-order chi connectivity index (χ0) is 14.5. The van der Waals surface area contributed by atoms with Crippen LogP contribution < -0.4 is 5.32 Å². The molecule has 2 aromatic heterocycles. The quantitative estimate of drug-likeness (QED) is 0.875. The molecule has 20 heavy (non-hydrogen) atoms. The van der Waals surface area contributed by atoms with Crippen LogP contribution in [0.15, 0.2) is 18.5 Å². The van der Waals surface area contributed by atoms with Crippen molar-refractivity contribution < 1.29 is 0 Å². The van der Waals surface area contributed by atoms with Crippen molar-refractivity contribution >= 4 is 0 Å². The monoisotopic (exact) mass is 273 g/mol. The van der Waals surface area contributed by atoms with Gasteiger partial charge >= 0.3 is 0 Å². The predicted octanol–water partition coefficient (Wildman–Crippen LogP) is 2.07. The Morgan fingerprint density at radius 3 is 2.50 bits per heavy atom. The van der Waals surface area contributed by atoms with Gasteiger partial charge in [-0.1, -0.05) is 6.92 Å². The summed E-state index contributed by atoms with van der Waals surface area (Å²) in [4.78, 5) is 8.85. The van der Waals surface area contributed by atoms with Crippen molar-refractivity contribution in [3.63, 3.8) is 0 Å². The maximum atomic E-state index is 4.59. The van der Waals surface area contributed by atoms with Gasteiger partial charge in [-0.05, 0) is 38.9 Å². The second-order valence-corrected chi connectivity index (χ2v) is 4.96. The van der Waals surface area contributed by atoms with E-state index in [4.69, 9.17) is 0 Å². The van der Waals surface area contributed by atoms with Crippen LogP contribution in [0.25, 0.3) is 0 Å². The zero-order valence-electron chi connectivity index (χ0n) is 12.7. The molecule has 2 heterocycles. The lowest BCUT2D eigenvalue weighted by Gasteiger charge is -2.15. The molecule has 0 saturated carbocycles. The smallest absolute Gasteiger partial charge is 0.145 e. The summed E-state index contributed by atoms with van der Waals surface area (Å²) in [6.07, 6.45) is 5.54. The van der Waals surface area contributed by atoms with E-state index in [0.29, 0.717) is 0 Å². The van der Waals surface area contributed by atoms with Crippen molar-refractivity contribution in [3.05, 3.63) is 41.2 Å². The van der Waals surface area contributed by atoms with E-state index in [1.807, 2.05) is 26.4 Å². The van der Waals surface area contributed by atoms with Crippen LogP contribution in [0.4, 0.5) is 0 Å². The third-order valence-corrected chi connectivity index (χ3v) is 3.45. The third kappa shape index (κ3) is 3.22. The summed E-state index contributed by atoms with van der Waals surface area (Å²) in [6.45, 7) is 7.13. The molecule has 0 bridgehead atoms. The molecule has 0 fully saturated rings. The predicted molar refractivity (Wildman–Crippen MR) is 79.6 cm³/mol. The molecule has 2 rings (SSSR count). The van der Waals surface area contributed by atoms with Gasteiger partial charge in [-0.2, -0.15) is 5.10 Å². The molecular formula is C15H23N5. The van der Waals surface area contributed by atoms with Gasteiger partial charge in [0.2, 0.25) is 0 Å². The van der Waals surface area contributed by atoms with Crippen molar-refractivity contribution in [2.24, 2.45) is 0 Å². The first-order valence-electron chi connectivity index (χ1n) is 7.19. The molecule has 5 nitrogen and oxygen atoms in total. The van der Waals surface area contributed by atoms with Gasteiger partial charge in [-0.3, -0.25) is 4.68 Å². The molecule has 5 heteroatoms. The normalized spacial score (nSPS) is 12.6. The topological polar surface area (TPSA) is 55.6 Å². The molecule has 0 amide bonds. The van der Waals surface area contributed by atoms with E-state index in [9.17, 15) is 0 Å².